The molecule has 4 rings (SSSR count). The number of aliphatic hydroxyl groups excluding tert-OH is 2. The minimum absolute atomic E-state index is 0.0302. The predicted molar refractivity (Wildman–Crippen MR) is 115 cm³/mol. The summed E-state index contributed by atoms with van der Waals surface area (Å²) < 4.78 is 11.1. The number of nitro benzene ring substituents is 2. The third kappa shape index (κ3) is 5.14. The zero-order valence-electron chi connectivity index (χ0n) is 17.8. The van der Waals surface area contributed by atoms with E-state index >= 15 is 0 Å². The Morgan fingerprint density at radius 3 is 1.50 bits per heavy atom. The highest BCUT2D eigenvalue weighted by molar-refractivity contribution is 5.46. The summed E-state index contributed by atoms with van der Waals surface area (Å²) in [6.07, 6.45) is 0.965. The van der Waals surface area contributed by atoms with E-state index in [0.29, 0.717) is 24.3 Å². The summed E-state index contributed by atoms with van der Waals surface area (Å²) in [6.45, 7) is 3.86. The molecule has 0 bridgehead atoms. The van der Waals surface area contributed by atoms with Gasteiger partial charge in [-0.2, -0.15) is 0 Å². The van der Waals surface area contributed by atoms with Crippen LogP contribution in [0, 0.1) is 32.1 Å². The van der Waals surface area contributed by atoms with Crippen LogP contribution in [0.2, 0.25) is 0 Å². The summed E-state index contributed by atoms with van der Waals surface area (Å²) in [4.78, 5) is 20.4. The molecule has 2 aliphatic heterocycles. The summed E-state index contributed by atoms with van der Waals surface area (Å²) >= 11 is 0. The number of non-ortho nitro benzene ring substituents is 2. The van der Waals surface area contributed by atoms with Crippen molar-refractivity contribution in [2.45, 2.75) is 38.9 Å². The molecule has 172 valence electrons. The number of nitrogens with zero attached hydrogens (tertiary/aromatic N) is 2. The molecular formula is C22H26N2O8. The lowest BCUT2D eigenvalue weighted by Crippen LogP contribution is -2.34. The Labute approximate surface area is 184 Å². The van der Waals surface area contributed by atoms with Crippen molar-refractivity contribution in [1.29, 1.82) is 0 Å². The number of hydrogen-bond acceptors (Lipinski definition) is 8. The van der Waals surface area contributed by atoms with Crippen LogP contribution in [0.3, 0.4) is 0 Å². The molecule has 0 unspecified atom stereocenters. The van der Waals surface area contributed by atoms with Gasteiger partial charge in [-0.1, -0.05) is 13.8 Å². The maximum absolute atomic E-state index is 10.6. The van der Waals surface area contributed by atoms with Gasteiger partial charge in [0.25, 0.3) is 11.4 Å². The van der Waals surface area contributed by atoms with Crippen LogP contribution in [-0.4, -0.2) is 45.5 Å². The largest absolute Gasteiger partial charge is 0.487 e. The highest BCUT2D eigenvalue weighted by Gasteiger charge is 2.28. The van der Waals surface area contributed by atoms with Gasteiger partial charge in [0.2, 0.25) is 0 Å². The molecule has 2 aromatic rings. The van der Waals surface area contributed by atoms with E-state index in [-0.39, 0.29) is 48.6 Å². The van der Waals surface area contributed by atoms with Gasteiger partial charge in [0.05, 0.1) is 23.1 Å². The van der Waals surface area contributed by atoms with E-state index in [1.807, 2.05) is 13.8 Å². The van der Waals surface area contributed by atoms with Crippen molar-refractivity contribution in [3.05, 3.63) is 67.8 Å². The van der Waals surface area contributed by atoms with Gasteiger partial charge in [-0.25, -0.2) is 0 Å². The zero-order chi connectivity index (χ0) is 23.4. The first kappa shape index (κ1) is 23.4. The fourth-order valence-electron chi connectivity index (χ4n) is 3.86. The minimum Gasteiger partial charge on any atom is -0.487 e. The molecule has 2 N–H and O–H groups in total. The Hall–Kier alpha value is -3.24. The first-order valence-corrected chi connectivity index (χ1v) is 10.3. The van der Waals surface area contributed by atoms with E-state index in [0.717, 1.165) is 11.1 Å². The van der Waals surface area contributed by atoms with Crippen LogP contribution >= 0.6 is 0 Å². The molecular weight excluding hydrogens is 420 g/mol. The lowest BCUT2D eigenvalue weighted by molar-refractivity contribution is -0.385. The average molecular weight is 446 g/mol. The Kier molecular flexibility index (Phi) is 7.26. The second-order valence-electron chi connectivity index (χ2n) is 8.14. The summed E-state index contributed by atoms with van der Waals surface area (Å²) in [5.41, 5.74) is 1.84. The molecule has 0 amide bonds. The third-order valence-electron chi connectivity index (χ3n) is 5.78. The van der Waals surface area contributed by atoms with Gasteiger partial charge in [-0.15, -0.1) is 0 Å². The molecule has 0 spiro atoms. The quantitative estimate of drug-likeness (QED) is 0.538. The maximum atomic E-state index is 10.6. The lowest BCUT2D eigenvalue weighted by Gasteiger charge is -2.30. The highest BCUT2D eigenvalue weighted by Crippen LogP contribution is 2.34. The van der Waals surface area contributed by atoms with Crippen LogP contribution in [0.25, 0.3) is 0 Å². The van der Waals surface area contributed by atoms with E-state index in [1.54, 1.807) is 24.3 Å². The number of benzene rings is 2. The Bertz CT molecular complexity index is 916. The van der Waals surface area contributed by atoms with Crippen molar-refractivity contribution in [1.82, 2.24) is 0 Å². The number of nitro groups is 2. The fraction of sp³-hybridized carbons (Fsp3) is 0.455. The maximum Gasteiger partial charge on any atom is 0.269 e. The van der Waals surface area contributed by atoms with Gasteiger partial charge in [0.1, 0.15) is 23.7 Å². The average Bonchev–Trinajstić information content (AvgIpc) is 2.77. The molecule has 0 saturated heterocycles. The topological polar surface area (TPSA) is 145 Å². The van der Waals surface area contributed by atoms with Crippen molar-refractivity contribution < 1.29 is 29.5 Å². The normalized spacial score (nSPS) is 23.4. The summed E-state index contributed by atoms with van der Waals surface area (Å²) in [7, 11) is 0. The van der Waals surface area contributed by atoms with E-state index in [4.69, 9.17) is 19.7 Å². The van der Waals surface area contributed by atoms with Crippen molar-refractivity contribution in [2.24, 2.45) is 11.8 Å². The molecule has 4 atom stereocenters. The highest BCUT2D eigenvalue weighted by atomic mass is 16.6. The molecule has 0 saturated carbocycles. The summed E-state index contributed by atoms with van der Waals surface area (Å²) in [6, 6.07) is 9.12. The Balaban J connectivity index is 0.000000181. The molecule has 2 heterocycles. The standard InChI is InChI=1S/2C11H13NO4/c2*1-7-4-8-5-9(12(14)15)2-3-10(8)16-11(7)6-13/h2*2-3,5,7,11,13H,4,6H2,1H3/t7-,11+;7-,11-/m10/s1. The van der Waals surface area contributed by atoms with E-state index < -0.39 is 9.85 Å². The number of aliphatic hydroxyl groups is 2. The minimum atomic E-state index is -0.414. The van der Waals surface area contributed by atoms with Gasteiger partial charge >= 0.3 is 0 Å². The molecule has 2 aromatic carbocycles. The Morgan fingerprint density at radius 1 is 0.812 bits per heavy atom. The van der Waals surface area contributed by atoms with Gasteiger partial charge in [-0.05, 0) is 36.8 Å². The van der Waals surface area contributed by atoms with Gasteiger partial charge in [-0.3, -0.25) is 20.2 Å². The molecule has 0 fully saturated rings. The predicted octanol–water partition coefficient (Wildman–Crippen LogP) is 3.05. The van der Waals surface area contributed by atoms with Crippen LogP contribution in [0.5, 0.6) is 11.5 Å². The van der Waals surface area contributed by atoms with Crippen LogP contribution in [0.1, 0.15) is 25.0 Å². The number of ether oxygens (including phenoxy) is 2. The summed E-state index contributed by atoms with van der Waals surface area (Å²) in [5, 5.41) is 39.4. The van der Waals surface area contributed by atoms with Gasteiger partial charge in [0.15, 0.2) is 0 Å². The van der Waals surface area contributed by atoms with E-state index in [2.05, 4.69) is 0 Å². The lowest BCUT2D eigenvalue weighted by atomic mass is 9.92. The molecule has 0 aliphatic carbocycles. The van der Waals surface area contributed by atoms with Crippen LogP contribution in [-0.2, 0) is 12.8 Å². The molecule has 2 aliphatic rings. The first-order valence-electron chi connectivity index (χ1n) is 10.3. The molecule has 0 radical (unpaired) electrons. The van der Waals surface area contributed by atoms with Crippen molar-refractivity contribution in [3.8, 4) is 11.5 Å². The van der Waals surface area contributed by atoms with Gasteiger partial charge < -0.3 is 19.7 Å². The SMILES string of the molecule is C[C@@H]1Cc2cc([N+](=O)[O-])ccc2O[C@H]1CO.C[C@H]1Cc2cc([N+](=O)[O-])ccc2O[C@H]1CO. The molecule has 32 heavy (non-hydrogen) atoms. The van der Waals surface area contributed by atoms with Gasteiger partial charge in [0, 0.05) is 35.4 Å². The number of fused-ring (bicyclic) bond motifs is 2. The second-order valence-corrected chi connectivity index (χ2v) is 8.14. The molecule has 0 aromatic heterocycles. The zero-order valence-corrected chi connectivity index (χ0v) is 17.8. The first-order chi connectivity index (χ1) is 15.2. The molecule has 10 nitrogen and oxygen atoms in total. The van der Waals surface area contributed by atoms with Crippen LogP contribution < -0.4 is 9.47 Å². The number of rotatable bonds is 4. The second kappa shape index (κ2) is 9.92. The van der Waals surface area contributed by atoms with Crippen LogP contribution in [0.4, 0.5) is 11.4 Å². The van der Waals surface area contributed by atoms with E-state index in [1.165, 1.54) is 12.1 Å². The van der Waals surface area contributed by atoms with Crippen LogP contribution in [0.15, 0.2) is 36.4 Å². The van der Waals surface area contributed by atoms with Crippen molar-refractivity contribution in [3.63, 3.8) is 0 Å². The Morgan fingerprint density at radius 2 is 1.19 bits per heavy atom. The summed E-state index contributed by atoms with van der Waals surface area (Å²) in [5.74, 6) is 1.62. The smallest absolute Gasteiger partial charge is 0.269 e. The fourth-order valence-corrected chi connectivity index (χ4v) is 3.86. The monoisotopic (exact) mass is 446 g/mol. The number of hydrogen-bond donors (Lipinski definition) is 2. The van der Waals surface area contributed by atoms with Crippen molar-refractivity contribution in [2.75, 3.05) is 13.2 Å². The third-order valence-corrected chi connectivity index (χ3v) is 5.78. The van der Waals surface area contributed by atoms with E-state index in [9.17, 15) is 20.2 Å². The molecule has 10 heteroatoms. The van der Waals surface area contributed by atoms with Crippen molar-refractivity contribution >= 4 is 11.4 Å².